The number of nitrogens with zero attached hydrogens (tertiary/aromatic N) is 1. The maximum atomic E-state index is 12.9. The molecule has 0 radical (unpaired) electrons. The number of para-hydroxylation sites is 1. The Morgan fingerprint density at radius 2 is 1.87 bits per heavy atom. The van der Waals surface area contributed by atoms with E-state index < -0.39 is 0 Å². The van der Waals surface area contributed by atoms with Crippen LogP contribution in [0.15, 0.2) is 39.5 Å². The molecule has 1 aliphatic heterocycles. The van der Waals surface area contributed by atoms with Crippen molar-refractivity contribution in [1.82, 2.24) is 4.90 Å². The lowest BCUT2D eigenvalue weighted by molar-refractivity contribution is 0.0657. The number of hydrogen-bond donors (Lipinski definition) is 0. The van der Waals surface area contributed by atoms with Gasteiger partial charge in [0.1, 0.15) is 5.58 Å². The van der Waals surface area contributed by atoms with Gasteiger partial charge in [-0.25, -0.2) is 0 Å². The molecule has 1 aromatic heterocycles. The van der Waals surface area contributed by atoms with Crippen LogP contribution in [0.4, 0.5) is 0 Å². The Kier molecular flexibility index (Phi) is 3.68. The average Bonchev–Trinajstić information content (AvgIpc) is 3.25. The fourth-order valence-corrected chi connectivity index (χ4v) is 4.23. The fourth-order valence-electron chi connectivity index (χ4n) is 4.23. The maximum Gasteiger partial charge on any atom is 0.289 e. The lowest BCUT2D eigenvalue weighted by atomic mass is 9.96. The third kappa shape index (κ3) is 2.56. The van der Waals surface area contributed by atoms with E-state index in [0.717, 1.165) is 19.4 Å². The van der Waals surface area contributed by atoms with E-state index in [2.05, 4.69) is 0 Å². The summed E-state index contributed by atoms with van der Waals surface area (Å²) in [6, 6.07) is 8.77. The second kappa shape index (κ2) is 5.84. The minimum Gasteiger partial charge on any atom is -0.451 e. The van der Waals surface area contributed by atoms with E-state index in [-0.39, 0.29) is 17.1 Å². The molecule has 2 heterocycles. The molecule has 0 bridgehead atoms. The molecule has 1 saturated carbocycles. The normalized spacial score (nSPS) is 22.1. The van der Waals surface area contributed by atoms with Gasteiger partial charge >= 0.3 is 0 Å². The Morgan fingerprint density at radius 3 is 2.70 bits per heavy atom. The highest BCUT2D eigenvalue weighted by Gasteiger charge is 2.37. The minimum absolute atomic E-state index is 0.123. The van der Waals surface area contributed by atoms with Gasteiger partial charge in [-0.05, 0) is 43.7 Å². The van der Waals surface area contributed by atoms with Crippen molar-refractivity contribution in [2.75, 3.05) is 6.54 Å². The van der Waals surface area contributed by atoms with E-state index in [9.17, 15) is 9.59 Å². The van der Waals surface area contributed by atoms with Crippen LogP contribution in [0.3, 0.4) is 0 Å². The maximum absolute atomic E-state index is 12.9. The molecule has 0 N–H and O–H groups in total. The molecule has 2 fully saturated rings. The number of carbonyl (C=O) groups excluding carboxylic acids is 1. The van der Waals surface area contributed by atoms with Crippen LogP contribution in [0.25, 0.3) is 11.0 Å². The first-order chi connectivity index (χ1) is 11.2. The van der Waals surface area contributed by atoms with E-state index in [1.807, 2.05) is 11.0 Å². The Hall–Kier alpha value is -2.10. The zero-order chi connectivity index (χ0) is 15.8. The van der Waals surface area contributed by atoms with Crippen LogP contribution in [0.5, 0.6) is 0 Å². The first-order valence-electron chi connectivity index (χ1n) is 8.58. The highest BCUT2D eigenvalue weighted by atomic mass is 16.3. The summed E-state index contributed by atoms with van der Waals surface area (Å²) in [7, 11) is 0. The summed E-state index contributed by atoms with van der Waals surface area (Å²) in [6.45, 7) is 0.774. The van der Waals surface area contributed by atoms with Gasteiger partial charge in [-0.3, -0.25) is 9.59 Å². The Bertz CT molecular complexity index is 789. The fraction of sp³-hybridized carbons (Fsp3) is 0.474. The quantitative estimate of drug-likeness (QED) is 0.851. The Balaban J connectivity index is 1.67. The van der Waals surface area contributed by atoms with Crippen LogP contribution < -0.4 is 5.43 Å². The molecule has 120 valence electrons. The zero-order valence-corrected chi connectivity index (χ0v) is 13.2. The molecule has 4 heteroatoms. The number of rotatable bonds is 2. The van der Waals surface area contributed by atoms with E-state index in [0.29, 0.717) is 22.9 Å². The topological polar surface area (TPSA) is 50.5 Å². The van der Waals surface area contributed by atoms with Crippen LogP contribution >= 0.6 is 0 Å². The summed E-state index contributed by atoms with van der Waals surface area (Å²) in [6.07, 6.45) is 7.10. The minimum atomic E-state index is -0.146. The van der Waals surface area contributed by atoms with Crippen molar-refractivity contribution in [2.24, 2.45) is 5.92 Å². The van der Waals surface area contributed by atoms with Crippen LogP contribution in [-0.4, -0.2) is 23.4 Å². The van der Waals surface area contributed by atoms with E-state index in [1.54, 1.807) is 18.2 Å². The molecule has 23 heavy (non-hydrogen) atoms. The van der Waals surface area contributed by atoms with Crippen LogP contribution in [-0.2, 0) is 0 Å². The van der Waals surface area contributed by atoms with Gasteiger partial charge in [0.2, 0.25) is 0 Å². The molecule has 2 aromatic rings. The van der Waals surface area contributed by atoms with Gasteiger partial charge in [0.25, 0.3) is 5.91 Å². The molecular formula is C19H21NO3. The predicted molar refractivity (Wildman–Crippen MR) is 88.5 cm³/mol. The standard InChI is InChI=1S/C19H21NO3/c21-16-12-18(23-17-10-4-3-8-14(16)17)19(22)20-11-5-9-15(20)13-6-1-2-7-13/h3-4,8,10,12-13,15H,1-2,5-7,9,11H2/t15-/m0/s1. The molecule has 1 aliphatic carbocycles. The first kappa shape index (κ1) is 14.5. The molecule has 1 atom stereocenters. The van der Waals surface area contributed by atoms with Crippen molar-refractivity contribution in [3.8, 4) is 0 Å². The number of amides is 1. The molecule has 1 amide bonds. The largest absolute Gasteiger partial charge is 0.451 e. The lowest BCUT2D eigenvalue weighted by Gasteiger charge is -2.29. The number of fused-ring (bicyclic) bond motifs is 1. The Morgan fingerprint density at radius 1 is 1.09 bits per heavy atom. The third-order valence-electron chi connectivity index (χ3n) is 5.35. The van der Waals surface area contributed by atoms with Gasteiger partial charge in [0, 0.05) is 18.7 Å². The second-order valence-corrected chi connectivity index (χ2v) is 6.72. The van der Waals surface area contributed by atoms with Crippen molar-refractivity contribution in [3.05, 3.63) is 46.3 Å². The van der Waals surface area contributed by atoms with Gasteiger partial charge in [-0.15, -0.1) is 0 Å². The van der Waals surface area contributed by atoms with Crippen molar-refractivity contribution >= 4 is 16.9 Å². The van der Waals surface area contributed by atoms with Crippen LogP contribution in [0, 0.1) is 5.92 Å². The monoisotopic (exact) mass is 311 g/mol. The molecule has 1 aromatic carbocycles. The Labute approximate surface area is 135 Å². The summed E-state index contributed by atoms with van der Waals surface area (Å²) < 4.78 is 5.74. The molecule has 0 spiro atoms. The summed E-state index contributed by atoms with van der Waals surface area (Å²) in [4.78, 5) is 27.1. The van der Waals surface area contributed by atoms with E-state index in [4.69, 9.17) is 4.42 Å². The van der Waals surface area contributed by atoms with E-state index in [1.165, 1.54) is 31.7 Å². The van der Waals surface area contributed by atoms with Crippen molar-refractivity contribution in [1.29, 1.82) is 0 Å². The summed E-state index contributed by atoms with van der Waals surface area (Å²) in [5, 5.41) is 0.526. The van der Waals surface area contributed by atoms with Gasteiger partial charge in [0.05, 0.1) is 5.39 Å². The summed E-state index contributed by atoms with van der Waals surface area (Å²) in [5.74, 6) is 0.675. The molecule has 4 nitrogen and oxygen atoms in total. The third-order valence-corrected chi connectivity index (χ3v) is 5.35. The molecule has 0 unspecified atom stereocenters. The number of carbonyl (C=O) groups is 1. The SMILES string of the molecule is O=C(c1cc(=O)c2ccccc2o1)N1CCC[C@H]1C1CCCC1. The van der Waals surface area contributed by atoms with Gasteiger partial charge in [0.15, 0.2) is 11.2 Å². The van der Waals surface area contributed by atoms with Gasteiger partial charge < -0.3 is 9.32 Å². The lowest BCUT2D eigenvalue weighted by Crippen LogP contribution is -2.39. The molecule has 1 saturated heterocycles. The summed E-state index contributed by atoms with van der Waals surface area (Å²) in [5.41, 5.74) is 0.340. The van der Waals surface area contributed by atoms with Crippen molar-refractivity contribution in [3.63, 3.8) is 0 Å². The smallest absolute Gasteiger partial charge is 0.289 e. The highest BCUT2D eigenvalue weighted by molar-refractivity contribution is 5.93. The van der Waals surface area contributed by atoms with E-state index >= 15 is 0 Å². The van der Waals surface area contributed by atoms with Crippen LogP contribution in [0.1, 0.15) is 49.1 Å². The first-order valence-corrected chi connectivity index (χ1v) is 8.58. The molecule has 2 aliphatic rings. The molecule has 4 rings (SSSR count). The predicted octanol–water partition coefficient (Wildman–Crippen LogP) is 3.59. The summed E-state index contributed by atoms with van der Waals surface area (Å²) >= 11 is 0. The zero-order valence-electron chi connectivity index (χ0n) is 13.2. The number of benzene rings is 1. The van der Waals surface area contributed by atoms with Crippen molar-refractivity contribution < 1.29 is 9.21 Å². The van der Waals surface area contributed by atoms with Gasteiger partial charge in [-0.2, -0.15) is 0 Å². The second-order valence-electron chi connectivity index (χ2n) is 6.72. The number of likely N-dealkylation sites (tertiary alicyclic amines) is 1. The average molecular weight is 311 g/mol. The van der Waals surface area contributed by atoms with Crippen LogP contribution in [0.2, 0.25) is 0 Å². The molecular weight excluding hydrogens is 290 g/mol. The number of hydrogen-bond acceptors (Lipinski definition) is 3. The van der Waals surface area contributed by atoms with Gasteiger partial charge in [-0.1, -0.05) is 25.0 Å². The van der Waals surface area contributed by atoms with Crippen molar-refractivity contribution in [2.45, 2.75) is 44.6 Å². The highest BCUT2D eigenvalue weighted by Crippen LogP contribution is 2.36.